The largest absolute Gasteiger partial charge is 0.390 e. The van der Waals surface area contributed by atoms with Crippen LogP contribution < -0.4 is 11.1 Å². The number of halogens is 3. The first-order valence-electron chi connectivity index (χ1n) is 8.43. The molecule has 1 aromatic rings. The number of primary amides is 1. The summed E-state index contributed by atoms with van der Waals surface area (Å²) >= 11 is 0. The van der Waals surface area contributed by atoms with Gasteiger partial charge in [-0.3, -0.25) is 4.79 Å². The van der Waals surface area contributed by atoms with Crippen molar-refractivity contribution in [1.29, 1.82) is 0 Å². The Morgan fingerprint density at radius 3 is 2.50 bits per heavy atom. The molecule has 1 aliphatic carbocycles. The van der Waals surface area contributed by atoms with Crippen LogP contribution >= 0.6 is 0 Å². The van der Waals surface area contributed by atoms with E-state index in [2.05, 4.69) is 5.32 Å². The fourth-order valence-corrected chi connectivity index (χ4v) is 4.83. The van der Waals surface area contributed by atoms with Crippen LogP contribution in [0.2, 0.25) is 0 Å². The molecule has 1 saturated heterocycles. The molecule has 2 fully saturated rings. The Bertz CT molecular complexity index is 590. The van der Waals surface area contributed by atoms with Crippen LogP contribution in [0.25, 0.3) is 0 Å². The van der Waals surface area contributed by atoms with Crippen molar-refractivity contribution in [2.75, 3.05) is 13.1 Å². The second-order valence-corrected chi connectivity index (χ2v) is 7.24. The van der Waals surface area contributed by atoms with E-state index in [1.54, 1.807) is 24.3 Å². The normalized spacial score (nSPS) is 29.2. The minimum Gasteiger partial charge on any atom is -0.369 e. The number of hydrogen-bond donors (Lipinski definition) is 2. The summed E-state index contributed by atoms with van der Waals surface area (Å²) in [6.45, 7) is 1.50. The number of fused-ring (bicyclic) bond motifs is 1. The summed E-state index contributed by atoms with van der Waals surface area (Å²) in [7, 11) is 0. The molecule has 132 valence electrons. The van der Waals surface area contributed by atoms with E-state index in [9.17, 15) is 18.0 Å². The number of nitrogens with one attached hydrogen (secondary N) is 1. The van der Waals surface area contributed by atoms with E-state index in [0.29, 0.717) is 18.9 Å². The van der Waals surface area contributed by atoms with Crippen molar-refractivity contribution in [2.24, 2.45) is 28.9 Å². The molecular weight excluding hydrogens is 317 g/mol. The van der Waals surface area contributed by atoms with Crippen molar-refractivity contribution in [1.82, 2.24) is 5.32 Å². The van der Waals surface area contributed by atoms with Gasteiger partial charge in [0.1, 0.15) is 0 Å². The molecule has 24 heavy (non-hydrogen) atoms. The zero-order valence-electron chi connectivity index (χ0n) is 13.5. The van der Waals surface area contributed by atoms with Crippen LogP contribution in [0.5, 0.6) is 0 Å². The lowest BCUT2D eigenvalue weighted by Gasteiger charge is -2.40. The van der Waals surface area contributed by atoms with E-state index in [1.807, 2.05) is 6.07 Å². The van der Waals surface area contributed by atoms with Crippen LogP contribution in [0.15, 0.2) is 30.3 Å². The molecule has 4 unspecified atom stereocenters. The Morgan fingerprint density at radius 2 is 1.88 bits per heavy atom. The molecule has 1 heterocycles. The Balaban J connectivity index is 1.99. The Labute approximate surface area is 139 Å². The van der Waals surface area contributed by atoms with Crippen molar-refractivity contribution < 1.29 is 18.0 Å². The van der Waals surface area contributed by atoms with Crippen molar-refractivity contribution in [3.8, 4) is 0 Å². The first kappa shape index (κ1) is 17.3. The third kappa shape index (κ3) is 3.29. The number of amides is 1. The third-order valence-electron chi connectivity index (χ3n) is 5.84. The molecule has 3 rings (SSSR count). The number of alkyl halides is 3. The minimum atomic E-state index is -4.42. The smallest absolute Gasteiger partial charge is 0.369 e. The third-order valence-corrected chi connectivity index (χ3v) is 5.84. The Morgan fingerprint density at radius 1 is 1.17 bits per heavy atom. The predicted octanol–water partition coefficient (Wildman–Crippen LogP) is 2.90. The first-order valence-corrected chi connectivity index (χ1v) is 8.43. The highest BCUT2D eigenvalue weighted by Crippen LogP contribution is 2.53. The summed E-state index contributed by atoms with van der Waals surface area (Å²) in [5, 5.41) is 3.26. The fraction of sp³-hybridized carbons (Fsp3) is 0.611. The minimum absolute atomic E-state index is 0.0522. The van der Waals surface area contributed by atoms with Crippen molar-refractivity contribution in [3.05, 3.63) is 35.9 Å². The zero-order chi connectivity index (χ0) is 17.4. The molecule has 0 aromatic heterocycles. The molecule has 6 heteroatoms. The number of carbonyl (C=O) groups is 1. The molecule has 0 bridgehead atoms. The number of nitrogens with two attached hydrogens (primary N) is 1. The van der Waals surface area contributed by atoms with Gasteiger partial charge in [-0.15, -0.1) is 0 Å². The molecule has 2 aliphatic rings. The molecular formula is C18H23F3N2O. The van der Waals surface area contributed by atoms with E-state index in [0.717, 1.165) is 18.5 Å². The van der Waals surface area contributed by atoms with Crippen LogP contribution in [0.1, 0.15) is 24.8 Å². The average Bonchev–Trinajstić information content (AvgIpc) is 3.08. The molecule has 1 aromatic carbocycles. The summed E-state index contributed by atoms with van der Waals surface area (Å²) in [6.07, 6.45) is -4.00. The molecule has 0 radical (unpaired) electrons. The van der Waals surface area contributed by atoms with Gasteiger partial charge in [0.2, 0.25) is 5.91 Å². The second-order valence-electron chi connectivity index (χ2n) is 7.24. The summed E-state index contributed by atoms with van der Waals surface area (Å²) < 4.78 is 40.2. The van der Waals surface area contributed by atoms with Gasteiger partial charge in [-0.25, -0.2) is 0 Å². The molecule has 3 N–H and O–H groups in total. The lowest BCUT2D eigenvalue weighted by molar-refractivity contribution is -0.176. The predicted molar refractivity (Wildman–Crippen MR) is 85.0 cm³/mol. The summed E-state index contributed by atoms with van der Waals surface area (Å²) in [4.78, 5) is 12.4. The van der Waals surface area contributed by atoms with Crippen LogP contribution in [0.3, 0.4) is 0 Å². The van der Waals surface area contributed by atoms with Crippen LogP contribution in [-0.4, -0.2) is 25.2 Å². The quantitative estimate of drug-likeness (QED) is 0.866. The van der Waals surface area contributed by atoms with E-state index in [-0.39, 0.29) is 18.3 Å². The Kier molecular flexibility index (Phi) is 4.60. The van der Waals surface area contributed by atoms with Crippen molar-refractivity contribution in [3.63, 3.8) is 0 Å². The maximum absolute atomic E-state index is 13.4. The molecule has 1 aliphatic heterocycles. The van der Waals surface area contributed by atoms with Crippen LogP contribution in [0, 0.1) is 23.2 Å². The second kappa shape index (κ2) is 6.39. The monoisotopic (exact) mass is 340 g/mol. The van der Waals surface area contributed by atoms with E-state index >= 15 is 0 Å². The molecule has 4 atom stereocenters. The highest BCUT2D eigenvalue weighted by molar-refractivity contribution is 5.82. The molecule has 0 spiro atoms. The topological polar surface area (TPSA) is 55.1 Å². The van der Waals surface area contributed by atoms with Crippen molar-refractivity contribution in [2.45, 2.75) is 31.9 Å². The summed E-state index contributed by atoms with van der Waals surface area (Å²) in [5.74, 6) is -0.681. The lowest BCUT2D eigenvalue weighted by Crippen LogP contribution is -2.49. The number of benzene rings is 1. The SMILES string of the molecule is NC(=O)C(Cc1ccccc1)(CC(F)(F)F)C1CCC2CNCC21. The van der Waals surface area contributed by atoms with E-state index in [4.69, 9.17) is 5.73 Å². The summed E-state index contributed by atoms with van der Waals surface area (Å²) in [6, 6.07) is 8.92. The number of carbonyl (C=O) groups excluding carboxylic acids is 1. The van der Waals surface area contributed by atoms with Crippen molar-refractivity contribution >= 4 is 5.91 Å². The first-order chi connectivity index (χ1) is 11.3. The zero-order valence-corrected chi connectivity index (χ0v) is 13.5. The van der Waals surface area contributed by atoms with Gasteiger partial charge in [-0.2, -0.15) is 13.2 Å². The van der Waals surface area contributed by atoms with Gasteiger partial charge in [0.05, 0.1) is 11.8 Å². The Hall–Kier alpha value is -1.56. The number of rotatable bonds is 5. The van der Waals surface area contributed by atoms with E-state index < -0.39 is 23.9 Å². The molecule has 3 nitrogen and oxygen atoms in total. The lowest BCUT2D eigenvalue weighted by atomic mass is 9.64. The highest BCUT2D eigenvalue weighted by atomic mass is 19.4. The average molecular weight is 340 g/mol. The van der Waals surface area contributed by atoms with Gasteiger partial charge in [0, 0.05) is 0 Å². The maximum Gasteiger partial charge on any atom is 0.390 e. The van der Waals surface area contributed by atoms with Gasteiger partial charge >= 0.3 is 6.18 Å². The van der Waals surface area contributed by atoms with Crippen LogP contribution in [0.4, 0.5) is 13.2 Å². The standard InChI is InChI=1S/C18H23F3N2O/c19-18(20,21)11-17(16(22)24,8-12-4-2-1-3-5-12)15-7-6-13-9-23-10-14(13)15/h1-5,13-15,23H,6-11H2,(H2,22,24). The van der Waals surface area contributed by atoms with Gasteiger partial charge in [0.15, 0.2) is 0 Å². The molecule has 1 amide bonds. The summed E-state index contributed by atoms with van der Waals surface area (Å²) in [5.41, 5.74) is 4.80. The number of hydrogen-bond acceptors (Lipinski definition) is 2. The fourth-order valence-electron chi connectivity index (χ4n) is 4.83. The van der Waals surface area contributed by atoms with Gasteiger partial charge in [-0.05, 0) is 55.7 Å². The van der Waals surface area contributed by atoms with E-state index in [1.165, 1.54) is 0 Å². The van der Waals surface area contributed by atoms with Gasteiger partial charge < -0.3 is 11.1 Å². The van der Waals surface area contributed by atoms with Gasteiger partial charge in [-0.1, -0.05) is 30.3 Å². The molecule has 1 saturated carbocycles. The van der Waals surface area contributed by atoms with Gasteiger partial charge in [0.25, 0.3) is 0 Å². The highest BCUT2D eigenvalue weighted by Gasteiger charge is 2.57. The maximum atomic E-state index is 13.4. The van der Waals surface area contributed by atoms with Crippen LogP contribution in [-0.2, 0) is 11.2 Å².